The lowest BCUT2D eigenvalue weighted by Gasteiger charge is -2.10. The Morgan fingerprint density at radius 2 is 1.81 bits per heavy atom. The molecule has 0 radical (unpaired) electrons. The van der Waals surface area contributed by atoms with Crippen LogP contribution in [0.2, 0.25) is 0 Å². The molecule has 1 aliphatic rings. The van der Waals surface area contributed by atoms with Gasteiger partial charge in [0.15, 0.2) is 0 Å². The van der Waals surface area contributed by atoms with Crippen LogP contribution in [0.3, 0.4) is 0 Å². The maximum Gasteiger partial charge on any atom is 0.240 e. The van der Waals surface area contributed by atoms with Crippen LogP contribution in [0.25, 0.3) is 0 Å². The Labute approximate surface area is 96.9 Å². The summed E-state index contributed by atoms with van der Waals surface area (Å²) in [4.78, 5) is 0.349. The molecule has 0 aromatic heterocycles. The number of hydrogen-bond acceptors (Lipinski definition) is 2. The smallest absolute Gasteiger partial charge is 0.211 e. The molecule has 0 aliphatic heterocycles. The standard InChI is InChI=1S/C12H17NO2S/c1-10-3-5-11(6-4-10)16(14,15)13-9-12(2)7-8-12/h3-6,13H,7-9H2,1-2H3. The molecule has 0 spiro atoms. The van der Waals surface area contributed by atoms with Gasteiger partial charge in [0.05, 0.1) is 4.90 Å². The number of rotatable bonds is 4. The van der Waals surface area contributed by atoms with Gasteiger partial charge in [0.1, 0.15) is 0 Å². The molecule has 0 atom stereocenters. The quantitative estimate of drug-likeness (QED) is 0.874. The molecule has 1 aromatic rings. The van der Waals surface area contributed by atoms with Crippen molar-refractivity contribution in [1.29, 1.82) is 0 Å². The van der Waals surface area contributed by atoms with Crippen molar-refractivity contribution >= 4 is 10.0 Å². The van der Waals surface area contributed by atoms with E-state index in [0.717, 1.165) is 18.4 Å². The van der Waals surface area contributed by atoms with E-state index in [1.807, 2.05) is 19.1 Å². The lowest BCUT2D eigenvalue weighted by molar-refractivity contribution is 0.530. The van der Waals surface area contributed by atoms with Crippen LogP contribution >= 0.6 is 0 Å². The third kappa shape index (κ3) is 2.62. The zero-order valence-corrected chi connectivity index (χ0v) is 10.5. The summed E-state index contributed by atoms with van der Waals surface area (Å²) in [7, 11) is -3.32. The van der Waals surface area contributed by atoms with E-state index in [9.17, 15) is 8.42 Å². The molecule has 0 amide bonds. The molecule has 1 aliphatic carbocycles. The second kappa shape index (κ2) is 3.86. The molecule has 3 nitrogen and oxygen atoms in total. The van der Waals surface area contributed by atoms with Gasteiger partial charge in [-0.05, 0) is 37.3 Å². The van der Waals surface area contributed by atoms with Crippen molar-refractivity contribution in [3.8, 4) is 0 Å². The van der Waals surface area contributed by atoms with Crippen LogP contribution in [0.5, 0.6) is 0 Å². The van der Waals surface area contributed by atoms with Crippen LogP contribution in [0, 0.1) is 12.3 Å². The molecule has 1 aromatic carbocycles. The first-order chi connectivity index (χ1) is 7.41. The van der Waals surface area contributed by atoms with Crippen molar-refractivity contribution in [3.05, 3.63) is 29.8 Å². The summed E-state index contributed by atoms with van der Waals surface area (Å²) in [6, 6.07) is 6.92. The van der Waals surface area contributed by atoms with Gasteiger partial charge in [-0.15, -0.1) is 0 Å². The Bertz CT molecular complexity index is 472. The minimum absolute atomic E-state index is 0.192. The van der Waals surface area contributed by atoms with Gasteiger partial charge in [-0.1, -0.05) is 24.6 Å². The highest BCUT2D eigenvalue weighted by atomic mass is 32.2. The molecule has 0 bridgehead atoms. The zero-order valence-electron chi connectivity index (χ0n) is 9.66. The van der Waals surface area contributed by atoms with E-state index in [-0.39, 0.29) is 5.41 Å². The van der Waals surface area contributed by atoms with Gasteiger partial charge in [-0.3, -0.25) is 0 Å². The van der Waals surface area contributed by atoms with Crippen LogP contribution < -0.4 is 4.72 Å². The number of benzene rings is 1. The third-order valence-corrected chi connectivity index (χ3v) is 4.54. The second-order valence-corrected chi connectivity index (χ2v) is 6.72. The Kier molecular flexibility index (Phi) is 2.80. The summed E-state index contributed by atoms with van der Waals surface area (Å²) in [6.07, 6.45) is 2.23. The number of sulfonamides is 1. The summed E-state index contributed by atoms with van der Waals surface area (Å²) >= 11 is 0. The average molecular weight is 239 g/mol. The molecule has 0 unspecified atom stereocenters. The summed E-state index contributed by atoms with van der Waals surface area (Å²) in [5.74, 6) is 0. The molecule has 0 saturated heterocycles. The molecular formula is C12H17NO2S. The van der Waals surface area contributed by atoms with Gasteiger partial charge in [0.25, 0.3) is 0 Å². The van der Waals surface area contributed by atoms with E-state index >= 15 is 0 Å². The van der Waals surface area contributed by atoms with Crippen LogP contribution in [0.15, 0.2) is 29.2 Å². The molecule has 1 N–H and O–H groups in total. The van der Waals surface area contributed by atoms with Crippen molar-refractivity contribution in [2.24, 2.45) is 5.41 Å². The average Bonchev–Trinajstić information content (AvgIpc) is 2.96. The molecule has 88 valence electrons. The van der Waals surface area contributed by atoms with Crippen molar-refractivity contribution in [1.82, 2.24) is 4.72 Å². The van der Waals surface area contributed by atoms with E-state index in [1.54, 1.807) is 12.1 Å². The SMILES string of the molecule is Cc1ccc(S(=O)(=O)NCC2(C)CC2)cc1. The first-order valence-corrected chi connectivity index (χ1v) is 6.96. The highest BCUT2D eigenvalue weighted by Crippen LogP contribution is 2.44. The van der Waals surface area contributed by atoms with E-state index in [2.05, 4.69) is 11.6 Å². The maximum absolute atomic E-state index is 11.9. The normalized spacial score (nSPS) is 18.4. The predicted molar refractivity (Wildman–Crippen MR) is 63.7 cm³/mol. The second-order valence-electron chi connectivity index (χ2n) is 4.95. The highest BCUT2D eigenvalue weighted by Gasteiger charge is 2.38. The lowest BCUT2D eigenvalue weighted by Crippen LogP contribution is -2.29. The van der Waals surface area contributed by atoms with Crippen molar-refractivity contribution in [3.63, 3.8) is 0 Å². The summed E-state index contributed by atoms with van der Waals surface area (Å²) < 4.78 is 26.5. The number of hydrogen-bond donors (Lipinski definition) is 1. The molecule has 4 heteroatoms. The Balaban J connectivity index is 2.09. The number of aryl methyl sites for hydroxylation is 1. The largest absolute Gasteiger partial charge is 0.240 e. The number of nitrogens with one attached hydrogen (secondary N) is 1. The van der Waals surface area contributed by atoms with Gasteiger partial charge in [0.2, 0.25) is 10.0 Å². The van der Waals surface area contributed by atoms with Crippen molar-refractivity contribution in [2.75, 3.05) is 6.54 Å². The van der Waals surface area contributed by atoms with E-state index in [1.165, 1.54) is 0 Å². The Morgan fingerprint density at radius 1 is 1.25 bits per heavy atom. The fourth-order valence-corrected chi connectivity index (χ4v) is 2.66. The maximum atomic E-state index is 11.9. The van der Waals surface area contributed by atoms with Crippen LogP contribution in [0.1, 0.15) is 25.3 Å². The minimum atomic E-state index is -3.32. The topological polar surface area (TPSA) is 46.2 Å². The molecule has 16 heavy (non-hydrogen) atoms. The van der Waals surface area contributed by atoms with E-state index in [0.29, 0.717) is 11.4 Å². The van der Waals surface area contributed by atoms with Crippen molar-refractivity contribution < 1.29 is 8.42 Å². The summed E-state index contributed by atoms with van der Waals surface area (Å²) in [6.45, 7) is 4.59. The molecule has 1 fully saturated rings. The fourth-order valence-electron chi connectivity index (χ4n) is 1.46. The first-order valence-electron chi connectivity index (χ1n) is 5.48. The molecule has 2 rings (SSSR count). The third-order valence-electron chi connectivity index (χ3n) is 3.12. The predicted octanol–water partition coefficient (Wildman–Crippen LogP) is 2.07. The molecule has 1 saturated carbocycles. The van der Waals surface area contributed by atoms with Gasteiger partial charge >= 0.3 is 0 Å². The van der Waals surface area contributed by atoms with Crippen LogP contribution in [-0.2, 0) is 10.0 Å². The van der Waals surface area contributed by atoms with Gasteiger partial charge < -0.3 is 0 Å². The van der Waals surface area contributed by atoms with Crippen LogP contribution in [-0.4, -0.2) is 15.0 Å². The van der Waals surface area contributed by atoms with Crippen LogP contribution in [0.4, 0.5) is 0 Å². The Morgan fingerprint density at radius 3 is 2.31 bits per heavy atom. The molecule has 0 heterocycles. The first kappa shape index (κ1) is 11.6. The fraction of sp³-hybridized carbons (Fsp3) is 0.500. The van der Waals surface area contributed by atoms with E-state index < -0.39 is 10.0 Å². The van der Waals surface area contributed by atoms with Crippen molar-refractivity contribution in [2.45, 2.75) is 31.6 Å². The van der Waals surface area contributed by atoms with Gasteiger partial charge in [0, 0.05) is 6.54 Å². The van der Waals surface area contributed by atoms with E-state index in [4.69, 9.17) is 0 Å². The zero-order chi connectivity index (χ0) is 11.8. The highest BCUT2D eigenvalue weighted by molar-refractivity contribution is 7.89. The summed E-state index contributed by atoms with van der Waals surface area (Å²) in [5, 5.41) is 0. The minimum Gasteiger partial charge on any atom is -0.211 e. The lowest BCUT2D eigenvalue weighted by atomic mass is 10.2. The Hall–Kier alpha value is -0.870. The summed E-state index contributed by atoms with van der Waals surface area (Å²) in [5.41, 5.74) is 1.26. The van der Waals surface area contributed by atoms with Gasteiger partial charge in [-0.25, -0.2) is 13.1 Å². The van der Waals surface area contributed by atoms with Gasteiger partial charge in [-0.2, -0.15) is 0 Å². The molecular weight excluding hydrogens is 222 g/mol. The monoisotopic (exact) mass is 239 g/mol.